The lowest BCUT2D eigenvalue weighted by Crippen LogP contribution is -2.51. The molecule has 7 heteroatoms. The van der Waals surface area contributed by atoms with Gasteiger partial charge < -0.3 is 10.1 Å². The molecule has 120 valence electrons. The molecule has 2 N–H and O–H groups in total. The van der Waals surface area contributed by atoms with Gasteiger partial charge in [0.05, 0.1) is 12.3 Å². The van der Waals surface area contributed by atoms with Gasteiger partial charge in [0.25, 0.3) is 0 Å². The predicted molar refractivity (Wildman–Crippen MR) is 84.2 cm³/mol. The van der Waals surface area contributed by atoms with Gasteiger partial charge in [-0.1, -0.05) is 13.8 Å². The number of ether oxygens (including phenoxy) is 1. The van der Waals surface area contributed by atoms with Crippen molar-refractivity contribution in [3.63, 3.8) is 0 Å². The van der Waals surface area contributed by atoms with Crippen LogP contribution in [0.15, 0.2) is 0 Å². The SMILES string of the molecule is CC1(NC(=O)Nc2nc3c(s2)CCCC3(C)C)CCOC1=O. The number of nitrogens with one attached hydrogen (secondary N) is 2. The third-order valence-electron chi connectivity index (χ3n) is 4.44. The molecule has 1 atom stereocenters. The van der Waals surface area contributed by atoms with Crippen molar-refractivity contribution >= 4 is 28.5 Å². The van der Waals surface area contributed by atoms with E-state index in [1.807, 2.05) is 0 Å². The quantitative estimate of drug-likeness (QED) is 0.820. The van der Waals surface area contributed by atoms with Crippen LogP contribution in [0.3, 0.4) is 0 Å². The zero-order valence-electron chi connectivity index (χ0n) is 13.1. The lowest BCUT2D eigenvalue weighted by Gasteiger charge is -2.27. The monoisotopic (exact) mass is 323 g/mol. The van der Waals surface area contributed by atoms with Crippen LogP contribution in [0.4, 0.5) is 9.93 Å². The third-order valence-corrected chi connectivity index (χ3v) is 5.47. The van der Waals surface area contributed by atoms with E-state index < -0.39 is 11.6 Å². The van der Waals surface area contributed by atoms with E-state index in [2.05, 4.69) is 29.5 Å². The van der Waals surface area contributed by atoms with Crippen molar-refractivity contribution in [2.24, 2.45) is 0 Å². The van der Waals surface area contributed by atoms with Gasteiger partial charge >= 0.3 is 12.0 Å². The maximum atomic E-state index is 12.1. The second-order valence-corrected chi connectivity index (χ2v) is 7.91. The number of hydrogen-bond acceptors (Lipinski definition) is 5. The number of hydrogen-bond donors (Lipinski definition) is 2. The highest BCUT2D eigenvalue weighted by Crippen LogP contribution is 2.40. The van der Waals surface area contributed by atoms with Gasteiger partial charge in [-0.2, -0.15) is 0 Å². The van der Waals surface area contributed by atoms with Crippen LogP contribution < -0.4 is 10.6 Å². The Morgan fingerprint density at radius 1 is 1.32 bits per heavy atom. The average Bonchev–Trinajstić information content (AvgIpc) is 2.94. The predicted octanol–water partition coefficient (Wildman–Crippen LogP) is 2.58. The molecule has 0 radical (unpaired) electrons. The van der Waals surface area contributed by atoms with Gasteiger partial charge in [0.1, 0.15) is 5.54 Å². The molecular weight excluding hydrogens is 302 g/mol. The summed E-state index contributed by atoms with van der Waals surface area (Å²) in [5, 5.41) is 6.05. The van der Waals surface area contributed by atoms with Crippen molar-refractivity contribution in [3.05, 3.63) is 10.6 Å². The lowest BCUT2D eigenvalue weighted by atomic mass is 9.79. The average molecular weight is 323 g/mol. The van der Waals surface area contributed by atoms with E-state index in [0.29, 0.717) is 18.2 Å². The fourth-order valence-electron chi connectivity index (χ4n) is 3.01. The molecule has 2 amide bonds. The number of aryl methyl sites for hydroxylation is 1. The Morgan fingerprint density at radius 3 is 2.73 bits per heavy atom. The summed E-state index contributed by atoms with van der Waals surface area (Å²) in [7, 11) is 0. The molecule has 2 aliphatic rings. The summed E-state index contributed by atoms with van der Waals surface area (Å²) in [5.41, 5.74) is 0.202. The molecule has 1 unspecified atom stereocenters. The summed E-state index contributed by atoms with van der Waals surface area (Å²) in [4.78, 5) is 29.6. The van der Waals surface area contributed by atoms with Crippen LogP contribution in [0.1, 0.15) is 50.6 Å². The normalized spacial score (nSPS) is 26.2. The molecule has 0 spiro atoms. The third kappa shape index (κ3) is 2.69. The second kappa shape index (κ2) is 5.22. The highest BCUT2D eigenvalue weighted by molar-refractivity contribution is 7.15. The van der Waals surface area contributed by atoms with Crippen LogP contribution in [0.2, 0.25) is 0 Å². The minimum atomic E-state index is -0.944. The van der Waals surface area contributed by atoms with Crippen LogP contribution in [0.25, 0.3) is 0 Å². The summed E-state index contributed by atoms with van der Waals surface area (Å²) in [6.45, 7) is 6.39. The largest absolute Gasteiger partial charge is 0.464 e. The molecule has 0 saturated carbocycles. The van der Waals surface area contributed by atoms with Crippen molar-refractivity contribution in [2.45, 2.75) is 57.4 Å². The molecule has 1 aromatic rings. The summed E-state index contributed by atoms with van der Waals surface area (Å²) in [5.74, 6) is -0.387. The molecule has 0 bridgehead atoms. The van der Waals surface area contributed by atoms with Crippen LogP contribution in [0.5, 0.6) is 0 Å². The van der Waals surface area contributed by atoms with E-state index in [-0.39, 0.29) is 11.4 Å². The number of aromatic nitrogens is 1. The second-order valence-electron chi connectivity index (χ2n) is 6.83. The number of cyclic esters (lactones) is 1. The van der Waals surface area contributed by atoms with Crippen molar-refractivity contribution in [3.8, 4) is 0 Å². The van der Waals surface area contributed by atoms with Gasteiger partial charge in [-0.15, -0.1) is 11.3 Å². The number of carbonyl (C=O) groups is 2. The fraction of sp³-hybridized carbons (Fsp3) is 0.667. The Kier molecular flexibility index (Phi) is 3.63. The first-order chi connectivity index (χ1) is 10.3. The smallest absolute Gasteiger partial charge is 0.331 e. The van der Waals surface area contributed by atoms with E-state index in [0.717, 1.165) is 25.0 Å². The molecule has 3 rings (SSSR count). The van der Waals surface area contributed by atoms with Gasteiger partial charge in [0.15, 0.2) is 5.13 Å². The van der Waals surface area contributed by atoms with E-state index >= 15 is 0 Å². The van der Waals surface area contributed by atoms with Crippen molar-refractivity contribution in [2.75, 3.05) is 11.9 Å². The summed E-state index contributed by atoms with van der Waals surface area (Å²) in [6.07, 6.45) is 3.77. The highest BCUT2D eigenvalue weighted by atomic mass is 32.1. The van der Waals surface area contributed by atoms with Crippen molar-refractivity contribution < 1.29 is 14.3 Å². The molecule has 1 aliphatic heterocycles. The summed E-state index contributed by atoms with van der Waals surface area (Å²) < 4.78 is 4.92. The van der Waals surface area contributed by atoms with E-state index in [4.69, 9.17) is 4.74 Å². The van der Waals surface area contributed by atoms with Crippen LogP contribution in [0, 0.1) is 0 Å². The Morgan fingerprint density at radius 2 is 2.09 bits per heavy atom. The minimum absolute atomic E-state index is 0.0573. The number of nitrogens with zero attached hydrogens (tertiary/aromatic N) is 1. The van der Waals surface area contributed by atoms with Gasteiger partial charge in [-0.3, -0.25) is 5.32 Å². The zero-order chi connectivity index (χ0) is 16.0. The number of rotatable bonds is 2. The Hall–Kier alpha value is -1.63. The maximum absolute atomic E-state index is 12.1. The molecule has 1 fully saturated rings. The summed E-state index contributed by atoms with van der Waals surface area (Å²) in [6, 6.07) is -0.412. The van der Waals surface area contributed by atoms with Gasteiger partial charge in [0, 0.05) is 16.7 Å². The number of amides is 2. The lowest BCUT2D eigenvalue weighted by molar-refractivity contribution is -0.142. The molecule has 22 heavy (non-hydrogen) atoms. The van der Waals surface area contributed by atoms with Crippen LogP contribution in [-0.4, -0.2) is 29.1 Å². The van der Waals surface area contributed by atoms with Crippen molar-refractivity contribution in [1.29, 1.82) is 0 Å². The molecule has 2 heterocycles. The first kappa shape index (κ1) is 15.3. The molecular formula is C15H21N3O3S. The topological polar surface area (TPSA) is 80.3 Å². The number of fused-ring (bicyclic) bond motifs is 1. The number of thiazole rings is 1. The van der Waals surface area contributed by atoms with E-state index in [1.54, 1.807) is 6.92 Å². The highest BCUT2D eigenvalue weighted by Gasteiger charge is 2.41. The first-order valence-electron chi connectivity index (χ1n) is 7.57. The van der Waals surface area contributed by atoms with E-state index in [1.165, 1.54) is 16.2 Å². The summed E-state index contributed by atoms with van der Waals surface area (Å²) >= 11 is 1.52. The van der Waals surface area contributed by atoms with Crippen LogP contribution in [-0.2, 0) is 21.4 Å². The molecule has 1 aromatic heterocycles. The number of carbonyl (C=O) groups excluding carboxylic acids is 2. The molecule has 1 aliphatic carbocycles. The molecule has 6 nitrogen and oxygen atoms in total. The standard InChI is InChI=1S/C15H21N3O3S/c1-14(2)6-4-5-9-10(14)16-13(22-9)17-12(20)18-15(3)7-8-21-11(15)19/h4-8H2,1-3H3,(H2,16,17,18,20). The Labute approximate surface area is 133 Å². The maximum Gasteiger partial charge on any atom is 0.331 e. The molecule has 1 saturated heterocycles. The van der Waals surface area contributed by atoms with Gasteiger partial charge in [0.2, 0.25) is 0 Å². The van der Waals surface area contributed by atoms with Crippen LogP contribution >= 0.6 is 11.3 Å². The fourth-order valence-corrected chi connectivity index (χ4v) is 4.19. The Balaban J connectivity index is 1.70. The number of anilines is 1. The minimum Gasteiger partial charge on any atom is -0.464 e. The Bertz CT molecular complexity index is 626. The number of urea groups is 1. The van der Waals surface area contributed by atoms with Crippen molar-refractivity contribution in [1.82, 2.24) is 10.3 Å². The van der Waals surface area contributed by atoms with Gasteiger partial charge in [-0.25, -0.2) is 14.6 Å². The number of esters is 1. The van der Waals surface area contributed by atoms with Gasteiger partial charge in [-0.05, 0) is 26.2 Å². The van der Waals surface area contributed by atoms with E-state index in [9.17, 15) is 9.59 Å². The zero-order valence-corrected chi connectivity index (χ0v) is 13.9. The molecule has 0 aromatic carbocycles. The first-order valence-corrected chi connectivity index (χ1v) is 8.38.